The second kappa shape index (κ2) is 9.16. The summed E-state index contributed by atoms with van der Waals surface area (Å²) in [5.41, 5.74) is 0.818. The number of esters is 1. The Hall–Kier alpha value is -2.90. The van der Waals surface area contributed by atoms with E-state index in [1.165, 1.54) is 32.0 Å². The molecule has 2 N–H and O–H groups in total. The predicted molar refractivity (Wildman–Crippen MR) is 100 cm³/mol. The third-order valence-corrected chi connectivity index (χ3v) is 4.15. The van der Waals surface area contributed by atoms with Crippen LogP contribution in [0.25, 0.3) is 0 Å². The van der Waals surface area contributed by atoms with Gasteiger partial charge in [-0.25, -0.2) is 4.79 Å². The summed E-state index contributed by atoms with van der Waals surface area (Å²) >= 11 is 0. The number of anilines is 2. The molecule has 0 saturated carbocycles. The van der Waals surface area contributed by atoms with Gasteiger partial charge in [0.1, 0.15) is 0 Å². The zero-order chi connectivity index (χ0) is 20.0. The summed E-state index contributed by atoms with van der Waals surface area (Å²) in [5, 5.41) is 5.12. The maximum Gasteiger partial charge on any atom is 0.338 e. The molecule has 1 fully saturated rings. The number of ether oxygens (including phenoxy) is 1. The van der Waals surface area contributed by atoms with E-state index in [-0.39, 0.29) is 29.9 Å². The molecule has 8 heteroatoms. The maximum atomic E-state index is 12.4. The lowest BCUT2D eigenvalue weighted by molar-refractivity contribution is -0.136. The van der Waals surface area contributed by atoms with Crippen molar-refractivity contribution in [3.63, 3.8) is 0 Å². The molecule has 2 rings (SSSR count). The van der Waals surface area contributed by atoms with Crippen molar-refractivity contribution in [3.05, 3.63) is 23.8 Å². The highest BCUT2D eigenvalue weighted by Gasteiger charge is 2.22. The van der Waals surface area contributed by atoms with Crippen LogP contribution in [0.2, 0.25) is 0 Å². The van der Waals surface area contributed by atoms with Gasteiger partial charge in [-0.05, 0) is 37.0 Å². The van der Waals surface area contributed by atoms with Crippen LogP contribution in [-0.4, -0.2) is 48.3 Å². The average molecular weight is 375 g/mol. The maximum absolute atomic E-state index is 12.4. The molecule has 1 aliphatic heterocycles. The van der Waals surface area contributed by atoms with Gasteiger partial charge in [0.2, 0.25) is 11.8 Å². The van der Waals surface area contributed by atoms with Gasteiger partial charge < -0.3 is 20.3 Å². The zero-order valence-electron chi connectivity index (χ0n) is 15.8. The van der Waals surface area contributed by atoms with Crippen LogP contribution in [0.4, 0.5) is 11.4 Å². The summed E-state index contributed by atoms with van der Waals surface area (Å²) in [6.07, 6.45) is 2.03. The number of rotatable bonds is 5. The summed E-state index contributed by atoms with van der Waals surface area (Å²) in [7, 11) is 0. The lowest BCUT2D eigenvalue weighted by Crippen LogP contribution is -2.41. The van der Waals surface area contributed by atoms with Crippen LogP contribution < -0.4 is 10.6 Å². The largest absolute Gasteiger partial charge is 0.452 e. The molecule has 1 heterocycles. The number of carbonyl (C=O) groups is 4. The van der Waals surface area contributed by atoms with Gasteiger partial charge in [0.15, 0.2) is 6.61 Å². The number of nitrogens with one attached hydrogen (secondary N) is 2. The van der Waals surface area contributed by atoms with E-state index in [0.717, 1.165) is 12.8 Å². The van der Waals surface area contributed by atoms with E-state index < -0.39 is 5.97 Å². The number of hydrogen-bond donors (Lipinski definition) is 2. The quantitative estimate of drug-likeness (QED) is 0.766. The molecule has 146 valence electrons. The Morgan fingerprint density at radius 3 is 2.19 bits per heavy atom. The van der Waals surface area contributed by atoms with Gasteiger partial charge in [-0.3, -0.25) is 14.4 Å². The van der Waals surface area contributed by atoms with E-state index in [1.807, 2.05) is 0 Å². The van der Waals surface area contributed by atoms with E-state index in [4.69, 9.17) is 4.74 Å². The number of piperidine rings is 1. The fourth-order valence-corrected chi connectivity index (χ4v) is 3.01. The van der Waals surface area contributed by atoms with Crippen molar-refractivity contribution >= 4 is 35.1 Å². The number of amides is 3. The lowest BCUT2D eigenvalue weighted by atomic mass is 10.0. The number of benzene rings is 1. The van der Waals surface area contributed by atoms with Gasteiger partial charge in [-0.2, -0.15) is 0 Å². The first-order valence-electron chi connectivity index (χ1n) is 8.89. The number of carbonyl (C=O) groups excluding carboxylic acids is 4. The molecule has 8 nitrogen and oxygen atoms in total. The summed E-state index contributed by atoms with van der Waals surface area (Å²) in [6.45, 7) is 5.75. The van der Waals surface area contributed by atoms with Crippen molar-refractivity contribution in [1.29, 1.82) is 0 Å². The second-order valence-corrected chi connectivity index (χ2v) is 6.82. The first kappa shape index (κ1) is 20.4. The lowest BCUT2D eigenvalue weighted by Gasteiger charge is -2.30. The normalized spacial score (nSPS) is 16.4. The van der Waals surface area contributed by atoms with Crippen molar-refractivity contribution in [2.24, 2.45) is 5.92 Å². The molecule has 0 aromatic heterocycles. The fourth-order valence-electron chi connectivity index (χ4n) is 3.01. The van der Waals surface area contributed by atoms with Crippen LogP contribution in [0, 0.1) is 5.92 Å². The van der Waals surface area contributed by atoms with Gasteiger partial charge in [0, 0.05) is 38.3 Å². The number of hydrogen-bond acceptors (Lipinski definition) is 5. The fraction of sp³-hybridized carbons (Fsp3) is 0.474. The summed E-state index contributed by atoms with van der Waals surface area (Å²) in [6, 6.07) is 4.39. The van der Waals surface area contributed by atoms with E-state index in [2.05, 4.69) is 17.6 Å². The first-order valence-corrected chi connectivity index (χ1v) is 8.89. The van der Waals surface area contributed by atoms with Crippen molar-refractivity contribution in [2.75, 3.05) is 30.3 Å². The average Bonchev–Trinajstić information content (AvgIpc) is 2.57. The van der Waals surface area contributed by atoms with Crippen LogP contribution in [0.1, 0.15) is 44.0 Å². The Morgan fingerprint density at radius 2 is 1.67 bits per heavy atom. The molecule has 0 spiro atoms. The van der Waals surface area contributed by atoms with Crippen molar-refractivity contribution in [2.45, 2.75) is 33.6 Å². The van der Waals surface area contributed by atoms with Crippen LogP contribution in [0.3, 0.4) is 0 Å². The molecular weight excluding hydrogens is 350 g/mol. The predicted octanol–water partition coefficient (Wildman–Crippen LogP) is 2.02. The Morgan fingerprint density at radius 1 is 1.07 bits per heavy atom. The van der Waals surface area contributed by atoms with Gasteiger partial charge in [0.25, 0.3) is 5.91 Å². The highest BCUT2D eigenvalue weighted by atomic mass is 16.5. The Kier molecular flexibility index (Phi) is 6.92. The SMILES string of the molecule is CC(=O)Nc1cc(NC(C)=O)cc(C(=O)OCC(=O)N2CCCC(C)C2)c1. The van der Waals surface area contributed by atoms with Crippen LogP contribution in [0.15, 0.2) is 18.2 Å². The molecule has 1 aromatic carbocycles. The monoisotopic (exact) mass is 375 g/mol. The van der Waals surface area contributed by atoms with Crippen LogP contribution in [-0.2, 0) is 19.1 Å². The minimum Gasteiger partial charge on any atom is -0.452 e. The van der Waals surface area contributed by atoms with E-state index in [0.29, 0.717) is 30.4 Å². The van der Waals surface area contributed by atoms with Crippen LogP contribution in [0.5, 0.6) is 0 Å². The summed E-state index contributed by atoms with van der Waals surface area (Å²) in [4.78, 5) is 48.9. The van der Waals surface area contributed by atoms with Crippen molar-refractivity contribution in [1.82, 2.24) is 4.90 Å². The standard InChI is InChI=1S/C19H25N3O5/c1-12-5-4-6-22(10-12)18(25)11-27-19(26)15-7-16(20-13(2)23)9-17(8-15)21-14(3)24/h7-9,12H,4-6,10-11H2,1-3H3,(H,20,23)(H,21,24). The van der Waals surface area contributed by atoms with Crippen molar-refractivity contribution < 1.29 is 23.9 Å². The summed E-state index contributed by atoms with van der Waals surface area (Å²) in [5.74, 6) is -1.12. The molecule has 0 radical (unpaired) electrons. The second-order valence-electron chi connectivity index (χ2n) is 6.82. The smallest absolute Gasteiger partial charge is 0.338 e. The highest BCUT2D eigenvalue weighted by molar-refractivity contribution is 5.98. The minimum absolute atomic E-state index is 0.129. The molecule has 0 bridgehead atoms. The zero-order valence-corrected chi connectivity index (χ0v) is 15.8. The third kappa shape index (κ3) is 6.40. The number of nitrogens with zero attached hydrogens (tertiary/aromatic N) is 1. The molecule has 27 heavy (non-hydrogen) atoms. The van der Waals surface area contributed by atoms with Gasteiger partial charge in [-0.1, -0.05) is 6.92 Å². The van der Waals surface area contributed by atoms with Crippen molar-refractivity contribution in [3.8, 4) is 0 Å². The Bertz CT molecular complexity index is 713. The van der Waals surface area contributed by atoms with E-state index in [9.17, 15) is 19.2 Å². The molecule has 1 aromatic rings. The van der Waals surface area contributed by atoms with Crippen LogP contribution >= 0.6 is 0 Å². The molecular formula is C19H25N3O5. The van der Waals surface area contributed by atoms with Gasteiger partial charge >= 0.3 is 5.97 Å². The van der Waals surface area contributed by atoms with Gasteiger partial charge in [0.05, 0.1) is 5.56 Å². The van der Waals surface area contributed by atoms with E-state index >= 15 is 0 Å². The molecule has 0 aliphatic carbocycles. The third-order valence-electron chi connectivity index (χ3n) is 4.15. The molecule has 1 saturated heterocycles. The highest BCUT2D eigenvalue weighted by Crippen LogP contribution is 2.20. The molecule has 3 amide bonds. The molecule has 1 unspecified atom stereocenters. The topological polar surface area (TPSA) is 105 Å². The molecule has 1 aliphatic rings. The van der Waals surface area contributed by atoms with Gasteiger partial charge in [-0.15, -0.1) is 0 Å². The molecule has 1 atom stereocenters. The summed E-state index contributed by atoms with van der Waals surface area (Å²) < 4.78 is 5.14. The Balaban J connectivity index is 2.06. The number of likely N-dealkylation sites (tertiary alicyclic amines) is 1. The minimum atomic E-state index is -0.702. The Labute approximate surface area is 158 Å². The van der Waals surface area contributed by atoms with E-state index in [1.54, 1.807) is 4.90 Å². The first-order chi connectivity index (χ1) is 12.7.